The number of carbonyl (C=O) groups excluding carboxylic acids is 1. The number of carbonyl (C=O) groups is 1. The van der Waals surface area contributed by atoms with Gasteiger partial charge in [-0.3, -0.25) is 9.69 Å². The van der Waals surface area contributed by atoms with E-state index < -0.39 is 0 Å². The SMILES string of the molecule is COc1cccc(C(C)N2CCN(C(=O)c3ccccc3N)CC2)c1. The second-order valence-electron chi connectivity index (χ2n) is 6.37. The van der Waals surface area contributed by atoms with E-state index in [0.717, 1.165) is 18.8 Å². The zero-order chi connectivity index (χ0) is 17.8. The first-order valence-corrected chi connectivity index (χ1v) is 8.62. The molecule has 0 bridgehead atoms. The Balaban J connectivity index is 1.63. The second kappa shape index (κ2) is 7.57. The van der Waals surface area contributed by atoms with E-state index in [1.807, 2.05) is 29.2 Å². The first-order valence-electron chi connectivity index (χ1n) is 8.62. The summed E-state index contributed by atoms with van der Waals surface area (Å²) in [6.07, 6.45) is 0. The van der Waals surface area contributed by atoms with E-state index >= 15 is 0 Å². The smallest absolute Gasteiger partial charge is 0.256 e. The van der Waals surface area contributed by atoms with Gasteiger partial charge < -0.3 is 15.4 Å². The first kappa shape index (κ1) is 17.3. The lowest BCUT2D eigenvalue weighted by molar-refractivity contribution is 0.0583. The number of benzene rings is 2. The Kier molecular flexibility index (Phi) is 5.24. The molecule has 1 unspecified atom stereocenters. The molecule has 0 aromatic heterocycles. The Bertz CT molecular complexity index is 739. The number of piperazine rings is 1. The molecule has 2 aromatic carbocycles. The number of para-hydroxylation sites is 1. The van der Waals surface area contributed by atoms with Crippen molar-refractivity contribution in [3.05, 3.63) is 59.7 Å². The quantitative estimate of drug-likeness (QED) is 0.870. The van der Waals surface area contributed by atoms with Crippen molar-refractivity contribution in [2.75, 3.05) is 39.0 Å². The number of hydrogen-bond donors (Lipinski definition) is 1. The van der Waals surface area contributed by atoms with Gasteiger partial charge in [-0.1, -0.05) is 24.3 Å². The minimum Gasteiger partial charge on any atom is -0.497 e. The molecule has 1 fully saturated rings. The Hall–Kier alpha value is -2.53. The van der Waals surface area contributed by atoms with Crippen LogP contribution in [0, 0.1) is 0 Å². The monoisotopic (exact) mass is 339 g/mol. The average Bonchev–Trinajstić information content (AvgIpc) is 2.67. The van der Waals surface area contributed by atoms with Crippen LogP contribution in [0.5, 0.6) is 5.75 Å². The zero-order valence-electron chi connectivity index (χ0n) is 14.8. The fourth-order valence-corrected chi connectivity index (χ4v) is 3.29. The number of ether oxygens (including phenoxy) is 1. The van der Waals surface area contributed by atoms with Gasteiger partial charge in [-0.15, -0.1) is 0 Å². The summed E-state index contributed by atoms with van der Waals surface area (Å²) in [5, 5.41) is 0. The molecular formula is C20H25N3O2. The van der Waals surface area contributed by atoms with E-state index in [9.17, 15) is 4.79 Å². The number of amides is 1. The average molecular weight is 339 g/mol. The van der Waals surface area contributed by atoms with Gasteiger partial charge in [0.05, 0.1) is 12.7 Å². The highest BCUT2D eigenvalue weighted by molar-refractivity contribution is 5.99. The van der Waals surface area contributed by atoms with Gasteiger partial charge in [0.2, 0.25) is 0 Å². The van der Waals surface area contributed by atoms with Crippen molar-refractivity contribution in [3.8, 4) is 5.75 Å². The van der Waals surface area contributed by atoms with E-state index in [0.29, 0.717) is 24.3 Å². The van der Waals surface area contributed by atoms with Crippen molar-refractivity contribution in [1.82, 2.24) is 9.80 Å². The van der Waals surface area contributed by atoms with Crippen LogP contribution in [0.3, 0.4) is 0 Å². The number of hydrogen-bond acceptors (Lipinski definition) is 4. The van der Waals surface area contributed by atoms with E-state index in [-0.39, 0.29) is 11.9 Å². The third-order valence-electron chi connectivity index (χ3n) is 4.92. The van der Waals surface area contributed by atoms with Crippen LogP contribution in [-0.4, -0.2) is 49.0 Å². The summed E-state index contributed by atoms with van der Waals surface area (Å²) in [5.41, 5.74) is 8.30. The van der Waals surface area contributed by atoms with Crippen molar-refractivity contribution in [2.24, 2.45) is 0 Å². The van der Waals surface area contributed by atoms with Crippen LogP contribution in [0.1, 0.15) is 28.9 Å². The number of rotatable bonds is 4. The van der Waals surface area contributed by atoms with Crippen molar-refractivity contribution in [1.29, 1.82) is 0 Å². The molecule has 0 radical (unpaired) electrons. The Labute approximate surface area is 149 Å². The minimum atomic E-state index is 0.0202. The maximum atomic E-state index is 12.7. The third kappa shape index (κ3) is 3.77. The van der Waals surface area contributed by atoms with Crippen LogP contribution in [0.2, 0.25) is 0 Å². The highest BCUT2D eigenvalue weighted by Gasteiger charge is 2.26. The van der Waals surface area contributed by atoms with Gasteiger partial charge in [0.1, 0.15) is 5.75 Å². The summed E-state index contributed by atoms with van der Waals surface area (Å²) in [6.45, 7) is 5.30. The van der Waals surface area contributed by atoms with Gasteiger partial charge in [-0.25, -0.2) is 0 Å². The molecule has 0 saturated carbocycles. The summed E-state index contributed by atoms with van der Waals surface area (Å²) >= 11 is 0. The largest absolute Gasteiger partial charge is 0.497 e. The summed E-state index contributed by atoms with van der Waals surface area (Å²) in [5.74, 6) is 0.893. The number of nitrogen functional groups attached to an aromatic ring is 1. The van der Waals surface area contributed by atoms with Crippen LogP contribution >= 0.6 is 0 Å². The van der Waals surface area contributed by atoms with Gasteiger partial charge in [0.15, 0.2) is 0 Å². The Morgan fingerprint density at radius 3 is 2.48 bits per heavy atom. The molecule has 1 atom stereocenters. The number of nitrogens with two attached hydrogens (primary N) is 1. The van der Waals surface area contributed by atoms with Crippen molar-refractivity contribution in [3.63, 3.8) is 0 Å². The molecule has 5 nitrogen and oxygen atoms in total. The van der Waals surface area contributed by atoms with Gasteiger partial charge >= 0.3 is 0 Å². The predicted molar refractivity (Wildman–Crippen MR) is 99.7 cm³/mol. The third-order valence-corrected chi connectivity index (χ3v) is 4.92. The molecule has 3 rings (SSSR count). The van der Waals surface area contributed by atoms with Crippen molar-refractivity contribution in [2.45, 2.75) is 13.0 Å². The zero-order valence-corrected chi connectivity index (χ0v) is 14.8. The van der Waals surface area contributed by atoms with Crippen LogP contribution in [0.4, 0.5) is 5.69 Å². The fraction of sp³-hybridized carbons (Fsp3) is 0.350. The summed E-state index contributed by atoms with van der Waals surface area (Å²) in [7, 11) is 1.68. The number of methoxy groups -OCH3 is 1. The standard InChI is InChI=1S/C20H25N3O2/c1-15(16-6-5-7-17(14-16)25-2)22-10-12-23(13-11-22)20(24)18-8-3-4-9-19(18)21/h3-9,14-15H,10-13,21H2,1-2H3. The molecule has 2 N–H and O–H groups in total. The molecule has 1 amide bonds. The van der Waals surface area contributed by atoms with Crippen molar-refractivity contribution < 1.29 is 9.53 Å². The molecule has 2 aromatic rings. The molecule has 132 valence electrons. The highest BCUT2D eigenvalue weighted by Crippen LogP contribution is 2.25. The molecule has 1 heterocycles. The maximum absolute atomic E-state index is 12.7. The Morgan fingerprint density at radius 2 is 1.80 bits per heavy atom. The summed E-state index contributed by atoms with van der Waals surface area (Å²) in [4.78, 5) is 16.9. The van der Waals surface area contributed by atoms with E-state index in [2.05, 4.69) is 24.0 Å². The van der Waals surface area contributed by atoms with Crippen LogP contribution < -0.4 is 10.5 Å². The summed E-state index contributed by atoms with van der Waals surface area (Å²) < 4.78 is 5.32. The predicted octanol–water partition coefficient (Wildman–Crippen LogP) is 2.80. The first-order chi connectivity index (χ1) is 12.1. The van der Waals surface area contributed by atoms with E-state index in [1.165, 1.54) is 5.56 Å². The fourth-order valence-electron chi connectivity index (χ4n) is 3.29. The van der Waals surface area contributed by atoms with E-state index in [1.54, 1.807) is 19.2 Å². The van der Waals surface area contributed by atoms with Gasteiger partial charge in [-0.2, -0.15) is 0 Å². The molecule has 1 saturated heterocycles. The lowest BCUT2D eigenvalue weighted by Crippen LogP contribution is -2.49. The molecule has 0 aliphatic carbocycles. The molecule has 0 spiro atoms. The second-order valence-corrected chi connectivity index (χ2v) is 6.37. The van der Waals surface area contributed by atoms with Crippen LogP contribution in [0.25, 0.3) is 0 Å². The minimum absolute atomic E-state index is 0.0202. The maximum Gasteiger partial charge on any atom is 0.256 e. The van der Waals surface area contributed by atoms with Crippen LogP contribution in [0.15, 0.2) is 48.5 Å². The summed E-state index contributed by atoms with van der Waals surface area (Å²) in [6, 6.07) is 15.7. The topological polar surface area (TPSA) is 58.8 Å². The normalized spacial score (nSPS) is 16.5. The number of anilines is 1. The van der Waals surface area contributed by atoms with Gasteiger partial charge in [0.25, 0.3) is 5.91 Å². The molecule has 1 aliphatic heterocycles. The lowest BCUT2D eigenvalue weighted by atomic mass is 10.1. The molecule has 5 heteroatoms. The molecular weight excluding hydrogens is 314 g/mol. The molecule has 25 heavy (non-hydrogen) atoms. The Morgan fingerprint density at radius 1 is 1.08 bits per heavy atom. The van der Waals surface area contributed by atoms with Gasteiger partial charge in [0, 0.05) is 37.9 Å². The number of nitrogens with zero attached hydrogens (tertiary/aromatic N) is 2. The lowest BCUT2D eigenvalue weighted by Gasteiger charge is -2.38. The van der Waals surface area contributed by atoms with E-state index in [4.69, 9.17) is 10.5 Å². The highest BCUT2D eigenvalue weighted by atomic mass is 16.5. The van der Waals surface area contributed by atoms with Gasteiger partial charge in [-0.05, 0) is 36.8 Å². The van der Waals surface area contributed by atoms with Crippen molar-refractivity contribution >= 4 is 11.6 Å². The van der Waals surface area contributed by atoms with Crippen LogP contribution in [-0.2, 0) is 0 Å². The molecule has 1 aliphatic rings.